The lowest BCUT2D eigenvalue weighted by Gasteiger charge is -2.57. The van der Waals surface area contributed by atoms with Crippen LogP contribution in [0.4, 0.5) is 0 Å². The number of Topliss-reactive ketones (excluding diaryl/α,β-unsaturated/α-hetero) is 2. The third-order valence-corrected chi connectivity index (χ3v) is 11.6. The van der Waals surface area contributed by atoms with Gasteiger partial charge in [0.25, 0.3) is 0 Å². The number of carbonyl (C=O) groups is 5. The van der Waals surface area contributed by atoms with E-state index in [1.54, 1.807) is 6.08 Å². The van der Waals surface area contributed by atoms with Crippen LogP contribution in [-0.4, -0.2) is 58.1 Å². The van der Waals surface area contributed by atoms with E-state index in [-0.39, 0.29) is 66.3 Å². The molecule has 0 bridgehead atoms. The number of ether oxygens (including phenoxy) is 1. The summed E-state index contributed by atoms with van der Waals surface area (Å²) in [6, 6.07) is 7.94. The fourth-order valence-corrected chi connectivity index (χ4v) is 9.16. The van der Waals surface area contributed by atoms with Gasteiger partial charge in [0.05, 0.1) is 6.42 Å². The predicted octanol–water partition coefficient (Wildman–Crippen LogP) is 4.16. The van der Waals surface area contributed by atoms with E-state index < -0.39 is 29.4 Å². The van der Waals surface area contributed by atoms with Crippen molar-refractivity contribution >= 4 is 40.1 Å². The van der Waals surface area contributed by atoms with Crippen LogP contribution < -0.4 is 5.32 Å². The number of aliphatic hydroxyl groups is 1. The second kappa shape index (κ2) is 11.4. The molecule has 0 radical (unpaired) electrons. The zero-order valence-electron chi connectivity index (χ0n) is 25.6. The Morgan fingerprint density at radius 1 is 1.07 bits per heavy atom. The zero-order valence-corrected chi connectivity index (χ0v) is 25.6. The molecule has 234 valence electrons. The molecule has 1 amide bonds. The van der Waals surface area contributed by atoms with Crippen LogP contribution in [0.5, 0.6) is 0 Å². The van der Waals surface area contributed by atoms with Crippen LogP contribution in [0, 0.1) is 28.6 Å². The molecule has 0 saturated heterocycles. The summed E-state index contributed by atoms with van der Waals surface area (Å²) >= 11 is 0. The summed E-state index contributed by atoms with van der Waals surface area (Å²) in [5.74, 6) is -1.56. The molecule has 44 heavy (non-hydrogen) atoms. The van der Waals surface area contributed by atoms with E-state index in [1.165, 1.54) is 0 Å². The lowest BCUT2D eigenvalue weighted by molar-refractivity contribution is -0.173. The van der Waals surface area contributed by atoms with Crippen molar-refractivity contribution in [2.24, 2.45) is 28.6 Å². The number of aromatic nitrogens is 1. The minimum atomic E-state index is -1.77. The van der Waals surface area contributed by atoms with Crippen LogP contribution in [-0.2, 0) is 35.1 Å². The van der Waals surface area contributed by atoms with Crippen molar-refractivity contribution < 1.29 is 33.8 Å². The average Bonchev–Trinajstić information content (AvgIpc) is 3.53. The number of nitrogens with one attached hydrogen (secondary N) is 2. The third kappa shape index (κ3) is 5.03. The fraction of sp³-hybridized carbons (Fsp3) is 0.571. The van der Waals surface area contributed by atoms with Crippen molar-refractivity contribution in [3.8, 4) is 0 Å². The van der Waals surface area contributed by atoms with Crippen molar-refractivity contribution in [2.45, 2.75) is 83.7 Å². The highest BCUT2D eigenvalue weighted by Crippen LogP contribution is 2.66. The van der Waals surface area contributed by atoms with Gasteiger partial charge in [-0.15, -0.1) is 0 Å². The highest BCUT2D eigenvalue weighted by Gasteiger charge is 2.68. The highest BCUT2D eigenvalue weighted by atomic mass is 16.5. The Morgan fingerprint density at radius 3 is 2.68 bits per heavy atom. The first-order valence-corrected chi connectivity index (χ1v) is 16.0. The number of allylic oxidation sites excluding steroid dienone is 1. The first-order valence-electron chi connectivity index (χ1n) is 16.0. The van der Waals surface area contributed by atoms with Gasteiger partial charge in [-0.2, -0.15) is 0 Å². The van der Waals surface area contributed by atoms with Crippen molar-refractivity contribution in [2.75, 3.05) is 13.2 Å². The second-order valence-corrected chi connectivity index (χ2v) is 13.8. The number of ketones is 3. The summed E-state index contributed by atoms with van der Waals surface area (Å²) in [5.41, 5.74) is 0.151. The number of esters is 1. The summed E-state index contributed by atoms with van der Waals surface area (Å²) in [6.07, 6.45) is 7.62. The molecular formula is C35H42N2O7. The molecule has 6 atom stereocenters. The van der Waals surface area contributed by atoms with Gasteiger partial charge in [0.2, 0.25) is 11.7 Å². The van der Waals surface area contributed by atoms with E-state index in [4.69, 9.17) is 4.74 Å². The van der Waals surface area contributed by atoms with Gasteiger partial charge >= 0.3 is 5.97 Å². The Labute approximate surface area is 257 Å². The molecule has 9 nitrogen and oxygen atoms in total. The summed E-state index contributed by atoms with van der Waals surface area (Å²) < 4.78 is 5.24. The molecule has 3 fully saturated rings. The maximum Gasteiger partial charge on any atom is 0.306 e. The molecule has 0 aliphatic heterocycles. The Bertz CT molecular complexity index is 1560. The summed E-state index contributed by atoms with van der Waals surface area (Å²) in [7, 11) is 0. The largest absolute Gasteiger partial charge is 0.458 e. The van der Waals surface area contributed by atoms with Gasteiger partial charge in [-0.05, 0) is 73.5 Å². The van der Waals surface area contributed by atoms with Gasteiger partial charge in [0.15, 0.2) is 12.4 Å². The summed E-state index contributed by atoms with van der Waals surface area (Å²) in [5, 5.41) is 15.7. The molecule has 0 unspecified atom stereocenters. The molecule has 3 saturated carbocycles. The predicted molar refractivity (Wildman–Crippen MR) is 162 cm³/mol. The normalized spacial score (nSPS) is 32.8. The van der Waals surface area contributed by atoms with E-state index in [9.17, 15) is 29.1 Å². The molecular weight excluding hydrogens is 560 g/mol. The van der Waals surface area contributed by atoms with Crippen LogP contribution in [0.1, 0.15) is 77.2 Å². The number of benzene rings is 1. The highest BCUT2D eigenvalue weighted by molar-refractivity contribution is 5.95. The van der Waals surface area contributed by atoms with Crippen LogP contribution in [0.15, 0.2) is 42.1 Å². The Morgan fingerprint density at radius 2 is 1.86 bits per heavy atom. The maximum atomic E-state index is 13.8. The smallest absolute Gasteiger partial charge is 0.306 e. The van der Waals surface area contributed by atoms with Gasteiger partial charge in [0.1, 0.15) is 11.4 Å². The molecule has 1 heterocycles. The van der Waals surface area contributed by atoms with Crippen LogP contribution >= 0.6 is 0 Å². The molecule has 2 aromatic rings. The Hall–Kier alpha value is -3.59. The van der Waals surface area contributed by atoms with E-state index in [2.05, 4.69) is 17.2 Å². The number of hydrogen-bond donors (Lipinski definition) is 3. The van der Waals surface area contributed by atoms with Crippen LogP contribution in [0.2, 0.25) is 0 Å². The van der Waals surface area contributed by atoms with Gasteiger partial charge in [0, 0.05) is 54.2 Å². The van der Waals surface area contributed by atoms with E-state index in [1.807, 2.05) is 37.4 Å². The number of hydrogen-bond acceptors (Lipinski definition) is 7. The van der Waals surface area contributed by atoms with Gasteiger partial charge in [-0.3, -0.25) is 24.0 Å². The van der Waals surface area contributed by atoms with E-state index in [0.717, 1.165) is 34.9 Å². The monoisotopic (exact) mass is 602 g/mol. The lowest BCUT2D eigenvalue weighted by Crippen LogP contribution is -2.61. The second-order valence-electron chi connectivity index (χ2n) is 13.8. The van der Waals surface area contributed by atoms with E-state index >= 15 is 0 Å². The minimum Gasteiger partial charge on any atom is -0.458 e. The molecule has 1 aromatic carbocycles. The summed E-state index contributed by atoms with van der Waals surface area (Å²) in [6.45, 7) is 3.79. The molecule has 4 aliphatic carbocycles. The molecule has 6 rings (SSSR count). The number of para-hydroxylation sites is 1. The van der Waals surface area contributed by atoms with Gasteiger partial charge in [-0.25, -0.2) is 0 Å². The van der Waals surface area contributed by atoms with Crippen LogP contribution in [0.3, 0.4) is 0 Å². The van der Waals surface area contributed by atoms with Crippen molar-refractivity contribution in [3.63, 3.8) is 0 Å². The maximum absolute atomic E-state index is 13.8. The lowest BCUT2D eigenvalue weighted by atomic mass is 9.46. The van der Waals surface area contributed by atoms with Crippen molar-refractivity contribution in [1.29, 1.82) is 0 Å². The van der Waals surface area contributed by atoms with Crippen molar-refractivity contribution in [1.82, 2.24) is 10.3 Å². The first-order chi connectivity index (χ1) is 21.0. The minimum absolute atomic E-state index is 0.0150. The number of carbonyl (C=O) groups excluding carboxylic acids is 5. The van der Waals surface area contributed by atoms with E-state index in [0.29, 0.717) is 32.2 Å². The Kier molecular flexibility index (Phi) is 7.89. The standard InChI is InChI=1S/C35H42N2O7/c1-33-14-11-23(38)17-22(33)7-8-25-26-12-15-35(43,34(26,2)18-28(39)32(25)33)29(40)20-44-31(42)10-9-30(41)36-16-13-21-19-37-27-6-4-3-5-24(21)27/h3-6,17,19,25-26,32,37,43H,7-16,18,20H2,1-2H3,(H,36,41)/t25-,26-,32-,33-,34-,35-/m0/s1. The molecule has 3 N–H and O–H groups in total. The number of rotatable bonds is 9. The fourth-order valence-electron chi connectivity index (χ4n) is 9.16. The molecule has 0 spiro atoms. The molecule has 9 heteroatoms. The van der Waals surface area contributed by atoms with Gasteiger partial charge in [-0.1, -0.05) is 37.6 Å². The SMILES string of the molecule is C[C@]12CCC(=O)C=C1CC[C@@H]1[C@H]2C(=O)C[C@@]2(C)[C@H]1CC[C@]2(O)C(=O)COC(=O)CCC(=O)NCCc1c[nH]c2ccccc12. The third-order valence-electron chi connectivity index (χ3n) is 11.6. The number of H-pyrrole nitrogens is 1. The van der Waals surface area contributed by atoms with Crippen molar-refractivity contribution in [3.05, 3.63) is 47.7 Å². The molecule has 1 aromatic heterocycles. The zero-order chi connectivity index (χ0) is 31.3. The number of aromatic amines is 1. The number of fused-ring (bicyclic) bond motifs is 6. The van der Waals surface area contributed by atoms with Gasteiger partial charge < -0.3 is 20.1 Å². The first kappa shape index (κ1) is 30.4. The van der Waals surface area contributed by atoms with Crippen LogP contribution in [0.25, 0.3) is 10.9 Å². The Balaban J connectivity index is 1.01. The summed E-state index contributed by atoms with van der Waals surface area (Å²) in [4.78, 5) is 67.3. The average molecular weight is 603 g/mol. The molecule has 4 aliphatic rings. The quantitative estimate of drug-likeness (QED) is 0.366. The number of amides is 1. The topological polar surface area (TPSA) is 143 Å².